The van der Waals surface area contributed by atoms with E-state index in [0.29, 0.717) is 0 Å². The third-order valence-electron chi connectivity index (χ3n) is 3.84. The number of hydrogen-bond acceptors (Lipinski definition) is 1. The molecule has 1 N–H and O–H groups in total. The van der Waals surface area contributed by atoms with Crippen molar-refractivity contribution in [2.45, 2.75) is 65.4 Å². The fourth-order valence-electron chi connectivity index (χ4n) is 2.12. The lowest BCUT2D eigenvalue weighted by molar-refractivity contribution is 0.0277. The van der Waals surface area contributed by atoms with E-state index in [1.54, 1.807) is 0 Å². The molecule has 0 radical (unpaired) electrons. The molecular formula is C12H24O. The Hall–Kier alpha value is -0.0400. The normalized spacial score (nSPS) is 22.2. The molecule has 78 valence electrons. The first-order valence-corrected chi connectivity index (χ1v) is 5.74. The first-order valence-electron chi connectivity index (χ1n) is 5.74. The molecule has 0 heterocycles. The van der Waals surface area contributed by atoms with Crippen molar-refractivity contribution in [1.29, 1.82) is 0 Å². The van der Waals surface area contributed by atoms with E-state index in [1.807, 2.05) is 0 Å². The summed E-state index contributed by atoms with van der Waals surface area (Å²) in [6, 6.07) is 0. The van der Waals surface area contributed by atoms with Crippen molar-refractivity contribution in [1.82, 2.24) is 0 Å². The highest BCUT2D eigenvalue weighted by molar-refractivity contribution is 4.80. The highest BCUT2D eigenvalue weighted by Gasteiger charge is 2.29. The first-order chi connectivity index (χ1) is 6.06. The van der Waals surface area contributed by atoms with E-state index in [9.17, 15) is 5.11 Å². The Bertz CT molecular complexity index is 145. The highest BCUT2D eigenvalue weighted by Crippen LogP contribution is 2.34. The summed E-state index contributed by atoms with van der Waals surface area (Å²) in [5.74, 6) is 0.806. The van der Waals surface area contributed by atoms with Gasteiger partial charge in [-0.2, -0.15) is 0 Å². The summed E-state index contributed by atoms with van der Waals surface area (Å²) in [5.41, 5.74) is 0.114. The summed E-state index contributed by atoms with van der Waals surface area (Å²) in [6.07, 6.45) is 7.45. The molecule has 1 rings (SSSR count). The average Bonchev–Trinajstić information content (AvgIpc) is 2.57. The van der Waals surface area contributed by atoms with Gasteiger partial charge in [0.05, 0.1) is 6.10 Å². The maximum absolute atomic E-state index is 10.0. The zero-order valence-electron chi connectivity index (χ0n) is 9.34. The Kier molecular flexibility index (Phi) is 3.78. The van der Waals surface area contributed by atoms with E-state index in [1.165, 1.54) is 25.7 Å². The monoisotopic (exact) mass is 184 g/mol. The van der Waals surface area contributed by atoms with Gasteiger partial charge in [0.25, 0.3) is 0 Å². The van der Waals surface area contributed by atoms with Crippen molar-refractivity contribution in [3.63, 3.8) is 0 Å². The Morgan fingerprint density at radius 2 is 1.85 bits per heavy atom. The van der Waals surface area contributed by atoms with Crippen LogP contribution in [0.3, 0.4) is 0 Å². The van der Waals surface area contributed by atoms with Crippen LogP contribution >= 0.6 is 0 Å². The van der Waals surface area contributed by atoms with E-state index in [0.717, 1.165) is 18.8 Å². The van der Waals surface area contributed by atoms with Crippen LogP contribution in [0.4, 0.5) is 0 Å². The molecule has 1 heteroatoms. The SMILES string of the molecule is CCC(C)(C)C(O)CC1CCCC1. The molecule has 1 nitrogen and oxygen atoms in total. The van der Waals surface area contributed by atoms with Gasteiger partial charge in [-0.1, -0.05) is 46.5 Å². The molecule has 0 spiro atoms. The molecule has 0 aromatic rings. The zero-order valence-corrected chi connectivity index (χ0v) is 9.34. The molecule has 1 aliphatic carbocycles. The van der Waals surface area contributed by atoms with Gasteiger partial charge in [-0.15, -0.1) is 0 Å². The molecule has 1 unspecified atom stereocenters. The second-order valence-corrected chi connectivity index (χ2v) is 5.24. The van der Waals surface area contributed by atoms with Crippen molar-refractivity contribution < 1.29 is 5.11 Å². The van der Waals surface area contributed by atoms with Crippen LogP contribution in [0, 0.1) is 11.3 Å². The van der Waals surface area contributed by atoms with Crippen LogP contribution in [0.5, 0.6) is 0 Å². The Morgan fingerprint density at radius 1 is 1.31 bits per heavy atom. The van der Waals surface area contributed by atoms with Gasteiger partial charge >= 0.3 is 0 Å². The number of hydrogen-bond donors (Lipinski definition) is 1. The van der Waals surface area contributed by atoms with Crippen LogP contribution in [0.15, 0.2) is 0 Å². The molecule has 0 saturated heterocycles. The first kappa shape index (κ1) is 11.0. The van der Waals surface area contributed by atoms with Crippen LogP contribution in [-0.4, -0.2) is 11.2 Å². The third-order valence-corrected chi connectivity index (χ3v) is 3.84. The standard InChI is InChI=1S/C12H24O/c1-4-12(2,3)11(13)9-10-7-5-6-8-10/h10-11,13H,4-9H2,1-3H3. The summed E-state index contributed by atoms with van der Waals surface area (Å²) in [7, 11) is 0. The van der Waals surface area contributed by atoms with Gasteiger partial charge < -0.3 is 5.11 Å². The molecule has 0 aromatic heterocycles. The molecule has 0 bridgehead atoms. The molecule has 1 saturated carbocycles. The number of aliphatic hydroxyl groups is 1. The summed E-state index contributed by atoms with van der Waals surface area (Å²) in [6.45, 7) is 6.51. The Labute approximate surface area is 82.5 Å². The number of aliphatic hydroxyl groups excluding tert-OH is 1. The second-order valence-electron chi connectivity index (χ2n) is 5.24. The summed E-state index contributed by atoms with van der Waals surface area (Å²) in [5, 5.41) is 10.0. The van der Waals surface area contributed by atoms with Crippen molar-refractivity contribution in [3.05, 3.63) is 0 Å². The van der Waals surface area contributed by atoms with Crippen LogP contribution in [0.1, 0.15) is 59.3 Å². The van der Waals surface area contributed by atoms with Crippen molar-refractivity contribution >= 4 is 0 Å². The lowest BCUT2D eigenvalue weighted by Crippen LogP contribution is -2.30. The fraction of sp³-hybridized carbons (Fsp3) is 1.00. The van der Waals surface area contributed by atoms with E-state index in [4.69, 9.17) is 0 Å². The minimum atomic E-state index is -0.0967. The van der Waals surface area contributed by atoms with Gasteiger partial charge in [-0.05, 0) is 24.2 Å². The van der Waals surface area contributed by atoms with E-state index >= 15 is 0 Å². The smallest absolute Gasteiger partial charge is 0.0593 e. The van der Waals surface area contributed by atoms with Gasteiger partial charge in [0.2, 0.25) is 0 Å². The minimum Gasteiger partial charge on any atom is -0.393 e. The summed E-state index contributed by atoms with van der Waals surface area (Å²) >= 11 is 0. The lowest BCUT2D eigenvalue weighted by Gasteiger charge is -2.31. The zero-order chi connectivity index (χ0) is 9.90. The molecule has 13 heavy (non-hydrogen) atoms. The van der Waals surface area contributed by atoms with E-state index in [2.05, 4.69) is 20.8 Å². The predicted molar refractivity (Wildman–Crippen MR) is 56.7 cm³/mol. The predicted octanol–water partition coefficient (Wildman–Crippen LogP) is 3.36. The summed E-state index contributed by atoms with van der Waals surface area (Å²) < 4.78 is 0. The Balaban J connectivity index is 2.34. The van der Waals surface area contributed by atoms with Crippen molar-refractivity contribution in [3.8, 4) is 0 Å². The van der Waals surface area contributed by atoms with Crippen molar-refractivity contribution in [2.24, 2.45) is 11.3 Å². The average molecular weight is 184 g/mol. The maximum atomic E-state index is 10.0. The molecule has 0 aliphatic heterocycles. The van der Waals surface area contributed by atoms with Gasteiger partial charge in [0.1, 0.15) is 0 Å². The van der Waals surface area contributed by atoms with E-state index in [-0.39, 0.29) is 11.5 Å². The summed E-state index contributed by atoms with van der Waals surface area (Å²) in [4.78, 5) is 0. The van der Waals surface area contributed by atoms with Gasteiger partial charge in [-0.25, -0.2) is 0 Å². The minimum absolute atomic E-state index is 0.0967. The van der Waals surface area contributed by atoms with Crippen LogP contribution in [0.2, 0.25) is 0 Å². The van der Waals surface area contributed by atoms with Gasteiger partial charge in [0.15, 0.2) is 0 Å². The Morgan fingerprint density at radius 3 is 2.31 bits per heavy atom. The van der Waals surface area contributed by atoms with E-state index < -0.39 is 0 Å². The fourth-order valence-corrected chi connectivity index (χ4v) is 2.12. The van der Waals surface area contributed by atoms with Gasteiger partial charge in [-0.3, -0.25) is 0 Å². The molecule has 0 aromatic carbocycles. The van der Waals surface area contributed by atoms with Crippen molar-refractivity contribution in [2.75, 3.05) is 0 Å². The molecule has 1 atom stereocenters. The molecule has 0 amide bonds. The largest absolute Gasteiger partial charge is 0.393 e. The number of rotatable bonds is 4. The van der Waals surface area contributed by atoms with Crippen LogP contribution in [-0.2, 0) is 0 Å². The highest BCUT2D eigenvalue weighted by atomic mass is 16.3. The quantitative estimate of drug-likeness (QED) is 0.710. The second kappa shape index (κ2) is 4.45. The lowest BCUT2D eigenvalue weighted by atomic mass is 9.79. The molecule has 1 aliphatic rings. The molecule has 1 fully saturated rings. The van der Waals surface area contributed by atoms with Crippen LogP contribution < -0.4 is 0 Å². The maximum Gasteiger partial charge on any atom is 0.0593 e. The molecular weight excluding hydrogens is 160 g/mol. The van der Waals surface area contributed by atoms with Crippen LogP contribution in [0.25, 0.3) is 0 Å². The van der Waals surface area contributed by atoms with Gasteiger partial charge in [0, 0.05) is 0 Å². The third kappa shape index (κ3) is 2.98. The topological polar surface area (TPSA) is 20.2 Å².